The molecule has 1 amide bonds. The number of fused-ring (bicyclic) bond motifs is 2. The summed E-state index contributed by atoms with van der Waals surface area (Å²) >= 11 is 0. The lowest BCUT2D eigenvalue weighted by Gasteiger charge is -2.26. The van der Waals surface area contributed by atoms with Crippen molar-refractivity contribution in [1.82, 2.24) is 15.5 Å². The second kappa shape index (κ2) is 7.36. The van der Waals surface area contributed by atoms with Gasteiger partial charge in [-0.25, -0.2) is 4.79 Å². The Labute approximate surface area is 154 Å². The lowest BCUT2D eigenvalue weighted by atomic mass is 10.2. The van der Waals surface area contributed by atoms with E-state index in [0.29, 0.717) is 23.5 Å². The minimum Gasteiger partial charge on any atom is -0.486 e. The molecule has 8 nitrogen and oxygen atoms in total. The molecule has 4 rings (SSSR count). The minimum atomic E-state index is -0.659. The number of hydrogen-bond donors (Lipinski definition) is 2. The Morgan fingerprint density at radius 2 is 1.93 bits per heavy atom. The SMILES string of the molecule is O=C(COC(=O)c1n[nH]c2ccccc12)NC[C@@H]1COc2ccccc2O1. The molecule has 1 aliphatic heterocycles. The lowest BCUT2D eigenvalue weighted by Crippen LogP contribution is -2.42. The molecule has 0 aliphatic carbocycles. The van der Waals surface area contributed by atoms with Crippen LogP contribution in [0, 0.1) is 0 Å². The van der Waals surface area contributed by atoms with Crippen LogP contribution in [0.15, 0.2) is 48.5 Å². The summed E-state index contributed by atoms with van der Waals surface area (Å²) < 4.78 is 16.4. The highest BCUT2D eigenvalue weighted by molar-refractivity contribution is 6.02. The minimum absolute atomic E-state index is 0.152. The Morgan fingerprint density at radius 3 is 2.81 bits per heavy atom. The zero-order valence-corrected chi connectivity index (χ0v) is 14.3. The number of nitrogens with one attached hydrogen (secondary N) is 2. The van der Waals surface area contributed by atoms with Gasteiger partial charge in [0, 0.05) is 5.39 Å². The number of rotatable bonds is 5. The standard InChI is InChI=1S/C19H17N3O5/c23-17(20-9-12-10-25-15-7-3-4-8-16(15)27-12)11-26-19(24)18-13-5-1-2-6-14(13)21-22-18/h1-8,12H,9-11H2,(H,20,23)(H,21,22)/t12-/m1/s1. The highest BCUT2D eigenvalue weighted by Gasteiger charge is 2.22. The fourth-order valence-electron chi connectivity index (χ4n) is 2.76. The fraction of sp³-hybridized carbons (Fsp3) is 0.211. The molecule has 138 valence electrons. The summed E-state index contributed by atoms with van der Waals surface area (Å²) in [4.78, 5) is 24.1. The zero-order chi connectivity index (χ0) is 18.6. The molecule has 1 aliphatic rings. The van der Waals surface area contributed by atoms with Crippen molar-refractivity contribution in [2.24, 2.45) is 0 Å². The van der Waals surface area contributed by atoms with E-state index in [-0.39, 0.29) is 18.3 Å². The van der Waals surface area contributed by atoms with Gasteiger partial charge in [-0.1, -0.05) is 30.3 Å². The first-order chi connectivity index (χ1) is 13.2. The van der Waals surface area contributed by atoms with Crippen molar-refractivity contribution in [3.05, 3.63) is 54.2 Å². The van der Waals surface area contributed by atoms with Crippen LogP contribution in [0.25, 0.3) is 10.9 Å². The second-order valence-corrected chi connectivity index (χ2v) is 6.00. The van der Waals surface area contributed by atoms with Gasteiger partial charge in [-0.2, -0.15) is 5.10 Å². The lowest BCUT2D eigenvalue weighted by molar-refractivity contribution is -0.124. The third kappa shape index (κ3) is 3.69. The Hall–Kier alpha value is -3.55. The van der Waals surface area contributed by atoms with Crippen LogP contribution in [0.3, 0.4) is 0 Å². The number of esters is 1. The largest absolute Gasteiger partial charge is 0.486 e. The van der Waals surface area contributed by atoms with Gasteiger partial charge in [-0.15, -0.1) is 0 Å². The van der Waals surface area contributed by atoms with Crippen LogP contribution in [-0.4, -0.2) is 47.9 Å². The summed E-state index contributed by atoms with van der Waals surface area (Å²) in [5.74, 6) is 0.236. The van der Waals surface area contributed by atoms with E-state index in [1.165, 1.54) is 0 Å². The summed E-state index contributed by atoms with van der Waals surface area (Å²) in [5.41, 5.74) is 0.877. The van der Waals surface area contributed by atoms with Crippen molar-refractivity contribution in [3.8, 4) is 11.5 Å². The van der Waals surface area contributed by atoms with Gasteiger partial charge >= 0.3 is 5.97 Å². The van der Waals surface area contributed by atoms with Gasteiger partial charge in [0.1, 0.15) is 12.7 Å². The summed E-state index contributed by atoms with van der Waals surface area (Å²) in [5, 5.41) is 10.0. The van der Waals surface area contributed by atoms with E-state index in [2.05, 4.69) is 15.5 Å². The Balaban J connectivity index is 1.26. The highest BCUT2D eigenvalue weighted by Crippen LogP contribution is 2.30. The first kappa shape index (κ1) is 16.9. The maximum Gasteiger partial charge on any atom is 0.359 e. The number of amides is 1. The number of nitrogens with zero attached hydrogens (tertiary/aromatic N) is 1. The van der Waals surface area contributed by atoms with Gasteiger partial charge in [-0.3, -0.25) is 9.89 Å². The maximum absolute atomic E-state index is 12.1. The molecule has 1 aromatic heterocycles. The molecule has 3 aromatic rings. The molecule has 2 heterocycles. The monoisotopic (exact) mass is 367 g/mol. The van der Waals surface area contributed by atoms with Crippen molar-refractivity contribution in [2.45, 2.75) is 6.10 Å². The smallest absolute Gasteiger partial charge is 0.359 e. The van der Waals surface area contributed by atoms with Crippen LogP contribution in [0.1, 0.15) is 10.5 Å². The van der Waals surface area contributed by atoms with E-state index in [4.69, 9.17) is 14.2 Å². The first-order valence-corrected chi connectivity index (χ1v) is 8.46. The normalized spacial score (nSPS) is 15.3. The highest BCUT2D eigenvalue weighted by atomic mass is 16.6. The summed E-state index contributed by atoms with van der Waals surface area (Å²) in [6.07, 6.45) is -0.310. The Bertz CT molecular complexity index is 984. The van der Waals surface area contributed by atoms with Crippen molar-refractivity contribution >= 4 is 22.8 Å². The second-order valence-electron chi connectivity index (χ2n) is 6.00. The van der Waals surface area contributed by atoms with E-state index in [9.17, 15) is 9.59 Å². The molecule has 0 bridgehead atoms. The Morgan fingerprint density at radius 1 is 1.15 bits per heavy atom. The molecular formula is C19H17N3O5. The van der Waals surface area contributed by atoms with E-state index in [1.807, 2.05) is 24.3 Å². The molecule has 0 saturated heterocycles. The van der Waals surface area contributed by atoms with E-state index in [0.717, 1.165) is 5.52 Å². The van der Waals surface area contributed by atoms with Crippen LogP contribution in [0.4, 0.5) is 0 Å². The van der Waals surface area contributed by atoms with Gasteiger partial charge in [0.2, 0.25) is 0 Å². The average molecular weight is 367 g/mol. The van der Waals surface area contributed by atoms with Gasteiger partial charge in [0.25, 0.3) is 5.91 Å². The Kier molecular flexibility index (Phi) is 4.61. The zero-order valence-electron chi connectivity index (χ0n) is 14.3. The van der Waals surface area contributed by atoms with E-state index < -0.39 is 18.5 Å². The number of para-hydroxylation sites is 3. The van der Waals surface area contributed by atoms with Crippen molar-refractivity contribution in [2.75, 3.05) is 19.8 Å². The number of aromatic nitrogens is 2. The summed E-state index contributed by atoms with van der Waals surface area (Å²) in [7, 11) is 0. The van der Waals surface area contributed by atoms with Crippen LogP contribution in [-0.2, 0) is 9.53 Å². The van der Waals surface area contributed by atoms with Crippen LogP contribution >= 0.6 is 0 Å². The number of aromatic amines is 1. The third-order valence-electron chi connectivity index (χ3n) is 4.09. The van der Waals surface area contributed by atoms with Crippen molar-refractivity contribution in [1.29, 1.82) is 0 Å². The molecule has 2 N–H and O–H groups in total. The first-order valence-electron chi connectivity index (χ1n) is 8.46. The number of carbonyl (C=O) groups is 2. The summed E-state index contributed by atoms with van der Waals surface area (Å²) in [6, 6.07) is 14.5. The molecular weight excluding hydrogens is 350 g/mol. The van der Waals surface area contributed by atoms with E-state index >= 15 is 0 Å². The number of carbonyl (C=O) groups excluding carboxylic acids is 2. The average Bonchev–Trinajstić information content (AvgIpc) is 3.14. The van der Waals surface area contributed by atoms with Crippen LogP contribution in [0.2, 0.25) is 0 Å². The number of ether oxygens (including phenoxy) is 3. The number of H-pyrrole nitrogens is 1. The van der Waals surface area contributed by atoms with Crippen LogP contribution in [0.5, 0.6) is 11.5 Å². The van der Waals surface area contributed by atoms with Gasteiger partial charge in [0.05, 0.1) is 12.1 Å². The topological polar surface area (TPSA) is 103 Å². The summed E-state index contributed by atoms with van der Waals surface area (Å²) in [6.45, 7) is 0.177. The molecule has 0 radical (unpaired) electrons. The number of hydrogen-bond acceptors (Lipinski definition) is 6. The molecule has 27 heavy (non-hydrogen) atoms. The molecule has 0 spiro atoms. The molecule has 0 unspecified atom stereocenters. The van der Waals surface area contributed by atoms with Gasteiger partial charge in [0.15, 0.2) is 23.8 Å². The van der Waals surface area contributed by atoms with Gasteiger partial charge < -0.3 is 19.5 Å². The fourth-order valence-corrected chi connectivity index (χ4v) is 2.76. The van der Waals surface area contributed by atoms with Crippen molar-refractivity contribution in [3.63, 3.8) is 0 Å². The third-order valence-corrected chi connectivity index (χ3v) is 4.09. The predicted molar refractivity (Wildman–Crippen MR) is 95.7 cm³/mol. The molecule has 8 heteroatoms. The van der Waals surface area contributed by atoms with Gasteiger partial charge in [-0.05, 0) is 18.2 Å². The molecule has 1 atom stereocenters. The van der Waals surface area contributed by atoms with Crippen LogP contribution < -0.4 is 14.8 Å². The maximum atomic E-state index is 12.1. The number of benzene rings is 2. The molecule has 0 saturated carbocycles. The molecule has 0 fully saturated rings. The predicted octanol–water partition coefficient (Wildman–Crippen LogP) is 1.68. The quantitative estimate of drug-likeness (QED) is 0.665. The molecule has 2 aromatic carbocycles. The van der Waals surface area contributed by atoms with E-state index in [1.54, 1.807) is 24.3 Å². The van der Waals surface area contributed by atoms with Crippen molar-refractivity contribution < 1.29 is 23.8 Å².